The van der Waals surface area contributed by atoms with Gasteiger partial charge >= 0.3 is 0 Å². The molecule has 1 unspecified atom stereocenters. The Morgan fingerprint density at radius 3 is 2.39 bits per heavy atom. The molecule has 0 saturated heterocycles. The minimum absolute atomic E-state index is 0.360. The van der Waals surface area contributed by atoms with Gasteiger partial charge in [-0.3, -0.25) is 9.88 Å². The van der Waals surface area contributed by atoms with Crippen LogP contribution < -0.4 is 0 Å². The van der Waals surface area contributed by atoms with Crippen LogP contribution in [-0.4, -0.2) is 28.0 Å². The Hall–Kier alpha value is -2.26. The first-order valence-electron chi connectivity index (χ1n) is 8.28. The smallest absolute Gasteiger partial charge is 0.0714 e. The molecule has 3 heteroatoms. The summed E-state index contributed by atoms with van der Waals surface area (Å²) in [4.78, 5) is 11.4. The monoisotopic (exact) mass is 305 g/mol. The zero-order valence-electron chi connectivity index (χ0n) is 14.0. The molecule has 23 heavy (non-hydrogen) atoms. The zero-order chi connectivity index (χ0) is 16.2. The Morgan fingerprint density at radius 2 is 1.70 bits per heavy atom. The number of pyridine rings is 2. The van der Waals surface area contributed by atoms with E-state index in [0.717, 1.165) is 29.9 Å². The number of rotatable bonds is 5. The van der Waals surface area contributed by atoms with Crippen molar-refractivity contribution in [1.82, 2.24) is 14.9 Å². The molecule has 2 heterocycles. The highest BCUT2D eigenvalue weighted by atomic mass is 15.1. The van der Waals surface area contributed by atoms with Gasteiger partial charge in [-0.15, -0.1) is 0 Å². The molecule has 1 aromatic carbocycles. The molecule has 0 aliphatic heterocycles. The standard InChI is InChI=1S/C20H23N3/c1-4-23(5-2)15(3)18-14-20(16-10-12-21-13-11-16)22-19-9-7-6-8-17(18)19/h6-15H,4-5H2,1-3H3. The van der Waals surface area contributed by atoms with Crippen LogP contribution in [0, 0.1) is 0 Å². The maximum absolute atomic E-state index is 4.85. The number of para-hydroxylation sites is 1. The van der Waals surface area contributed by atoms with E-state index in [1.807, 2.05) is 24.5 Å². The van der Waals surface area contributed by atoms with Crippen molar-refractivity contribution in [3.05, 3.63) is 60.4 Å². The van der Waals surface area contributed by atoms with Gasteiger partial charge in [-0.05, 0) is 49.8 Å². The molecular weight excluding hydrogens is 282 g/mol. The predicted molar refractivity (Wildman–Crippen MR) is 96.3 cm³/mol. The summed E-state index contributed by atoms with van der Waals surface area (Å²) in [6.07, 6.45) is 3.64. The zero-order valence-corrected chi connectivity index (χ0v) is 14.0. The number of hydrogen-bond donors (Lipinski definition) is 0. The lowest BCUT2D eigenvalue weighted by Crippen LogP contribution is -2.26. The van der Waals surface area contributed by atoms with Crippen LogP contribution in [0.5, 0.6) is 0 Å². The van der Waals surface area contributed by atoms with Gasteiger partial charge in [0.2, 0.25) is 0 Å². The van der Waals surface area contributed by atoms with E-state index in [0.29, 0.717) is 6.04 Å². The van der Waals surface area contributed by atoms with Crippen molar-refractivity contribution in [2.45, 2.75) is 26.8 Å². The molecule has 0 radical (unpaired) electrons. The van der Waals surface area contributed by atoms with E-state index < -0.39 is 0 Å². The molecule has 118 valence electrons. The van der Waals surface area contributed by atoms with Gasteiger partial charge in [-0.25, -0.2) is 4.98 Å². The summed E-state index contributed by atoms with van der Waals surface area (Å²) in [6.45, 7) is 8.79. The lowest BCUT2D eigenvalue weighted by atomic mass is 9.99. The Balaban J connectivity index is 2.19. The van der Waals surface area contributed by atoms with Crippen LogP contribution in [0.4, 0.5) is 0 Å². The fourth-order valence-electron chi connectivity index (χ4n) is 3.19. The second-order valence-corrected chi connectivity index (χ2v) is 5.75. The Bertz CT molecular complexity index is 779. The fraction of sp³-hybridized carbons (Fsp3) is 0.300. The van der Waals surface area contributed by atoms with Crippen molar-refractivity contribution >= 4 is 10.9 Å². The molecular formula is C20H23N3. The van der Waals surface area contributed by atoms with Gasteiger partial charge in [-0.1, -0.05) is 32.0 Å². The van der Waals surface area contributed by atoms with Crippen molar-refractivity contribution in [2.75, 3.05) is 13.1 Å². The predicted octanol–water partition coefficient (Wildman–Crippen LogP) is 4.70. The quantitative estimate of drug-likeness (QED) is 0.684. The highest BCUT2D eigenvalue weighted by molar-refractivity contribution is 5.85. The molecule has 3 nitrogen and oxygen atoms in total. The number of benzene rings is 1. The summed E-state index contributed by atoms with van der Waals surface area (Å²) in [5.74, 6) is 0. The van der Waals surface area contributed by atoms with Gasteiger partial charge in [0.1, 0.15) is 0 Å². The van der Waals surface area contributed by atoms with Gasteiger partial charge < -0.3 is 0 Å². The summed E-state index contributed by atoms with van der Waals surface area (Å²) in [7, 11) is 0. The molecule has 0 aliphatic rings. The van der Waals surface area contributed by atoms with E-state index in [1.165, 1.54) is 10.9 Å². The van der Waals surface area contributed by atoms with Gasteiger partial charge in [0, 0.05) is 29.4 Å². The van der Waals surface area contributed by atoms with Gasteiger partial charge in [-0.2, -0.15) is 0 Å². The molecule has 0 bridgehead atoms. The highest BCUT2D eigenvalue weighted by Crippen LogP contribution is 2.31. The summed E-state index contributed by atoms with van der Waals surface area (Å²) in [5.41, 5.74) is 4.51. The minimum Gasteiger partial charge on any atom is -0.297 e. The Morgan fingerprint density at radius 1 is 1.00 bits per heavy atom. The lowest BCUT2D eigenvalue weighted by Gasteiger charge is -2.28. The molecule has 1 atom stereocenters. The van der Waals surface area contributed by atoms with Crippen LogP contribution in [0.3, 0.4) is 0 Å². The third-order valence-corrected chi connectivity index (χ3v) is 4.53. The van der Waals surface area contributed by atoms with Crippen LogP contribution in [0.2, 0.25) is 0 Å². The van der Waals surface area contributed by atoms with Crippen molar-refractivity contribution in [3.63, 3.8) is 0 Å². The number of hydrogen-bond acceptors (Lipinski definition) is 3. The second-order valence-electron chi connectivity index (χ2n) is 5.75. The number of fused-ring (bicyclic) bond motifs is 1. The van der Waals surface area contributed by atoms with E-state index in [9.17, 15) is 0 Å². The van der Waals surface area contributed by atoms with Crippen molar-refractivity contribution in [2.24, 2.45) is 0 Å². The normalized spacial score (nSPS) is 12.7. The first kappa shape index (κ1) is 15.6. The highest BCUT2D eigenvalue weighted by Gasteiger charge is 2.17. The van der Waals surface area contributed by atoms with E-state index in [1.54, 1.807) is 0 Å². The summed E-state index contributed by atoms with van der Waals surface area (Å²) >= 11 is 0. The third kappa shape index (κ3) is 3.10. The molecule has 2 aromatic heterocycles. The van der Waals surface area contributed by atoms with Crippen LogP contribution >= 0.6 is 0 Å². The van der Waals surface area contributed by atoms with Crippen molar-refractivity contribution in [3.8, 4) is 11.3 Å². The summed E-state index contributed by atoms with van der Waals surface area (Å²) in [6, 6.07) is 15.0. The van der Waals surface area contributed by atoms with Crippen molar-refractivity contribution in [1.29, 1.82) is 0 Å². The van der Waals surface area contributed by atoms with Crippen LogP contribution in [-0.2, 0) is 0 Å². The molecule has 0 saturated carbocycles. The van der Waals surface area contributed by atoms with Crippen LogP contribution in [0.25, 0.3) is 22.2 Å². The molecule has 0 amide bonds. The first-order valence-corrected chi connectivity index (χ1v) is 8.28. The summed E-state index contributed by atoms with van der Waals surface area (Å²) < 4.78 is 0. The van der Waals surface area contributed by atoms with Crippen molar-refractivity contribution < 1.29 is 0 Å². The fourth-order valence-corrected chi connectivity index (χ4v) is 3.19. The van der Waals surface area contributed by atoms with Crippen LogP contribution in [0.15, 0.2) is 54.9 Å². The maximum Gasteiger partial charge on any atom is 0.0714 e. The summed E-state index contributed by atoms with van der Waals surface area (Å²) in [5, 5.41) is 1.24. The number of aromatic nitrogens is 2. The van der Waals surface area contributed by atoms with Crippen LogP contribution in [0.1, 0.15) is 32.4 Å². The molecule has 0 spiro atoms. The maximum atomic E-state index is 4.85. The SMILES string of the molecule is CCN(CC)C(C)c1cc(-c2ccncc2)nc2ccccc12. The van der Waals surface area contributed by atoms with E-state index in [4.69, 9.17) is 4.98 Å². The van der Waals surface area contributed by atoms with E-state index in [-0.39, 0.29) is 0 Å². The average molecular weight is 305 g/mol. The minimum atomic E-state index is 0.360. The first-order chi connectivity index (χ1) is 11.2. The average Bonchev–Trinajstić information content (AvgIpc) is 2.62. The van der Waals surface area contributed by atoms with Gasteiger partial charge in [0.25, 0.3) is 0 Å². The van der Waals surface area contributed by atoms with Gasteiger partial charge in [0.05, 0.1) is 11.2 Å². The second kappa shape index (κ2) is 6.88. The molecule has 3 rings (SSSR count). The third-order valence-electron chi connectivity index (χ3n) is 4.53. The Labute approximate surface area is 138 Å². The molecule has 0 aliphatic carbocycles. The van der Waals surface area contributed by atoms with E-state index >= 15 is 0 Å². The number of nitrogens with zero attached hydrogens (tertiary/aromatic N) is 3. The largest absolute Gasteiger partial charge is 0.297 e. The Kier molecular flexibility index (Phi) is 4.68. The molecule has 0 N–H and O–H groups in total. The van der Waals surface area contributed by atoms with Gasteiger partial charge in [0.15, 0.2) is 0 Å². The molecule has 3 aromatic rings. The molecule has 0 fully saturated rings. The topological polar surface area (TPSA) is 29.0 Å². The lowest BCUT2D eigenvalue weighted by molar-refractivity contribution is 0.235. The van der Waals surface area contributed by atoms with E-state index in [2.05, 4.69) is 61.0 Å².